The number of benzene rings is 11. The molecule has 4 heteroatoms. The van der Waals surface area contributed by atoms with Gasteiger partial charge in [0.25, 0.3) is 0 Å². The van der Waals surface area contributed by atoms with Crippen LogP contribution in [0.25, 0.3) is 116 Å². The predicted octanol–water partition coefficient (Wildman–Crippen LogP) is 18.2. The second kappa shape index (κ2) is 15.2. The zero-order valence-corrected chi connectivity index (χ0v) is 36.8. The Morgan fingerprint density at radius 2 is 0.706 bits per heavy atom. The smallest absolute Gasteiger partial charge is 0.135 e. The second-order valence-corrected chi connectivity index (χ2v) is 17.7. The van der Waals surface area contributed by atoms with Crippen molar-refractivity contribution in [2.24, 2.45) is 0 Å². The van der Waals surface area contributed by atoms with Crippen LogP contribution in [-0.4, -0.2) is 4.57 Å². The molecule has 14 rings (SSSR count). The Morgan fingerprint density at radius 3 is 1.29 bits per heavy atom. The lowest BCUT2D eigenvalue weighted by Gasteiger charge is -2.27. The van der Waals surface area contributed by atoms with Gasteiger partial charge in [-0.3, -0.25) is 0 Å². The van der Waals surface area contributed by atoms with Crippen LogP contribution in [0.5, 0.6) is 0 Å². The normalized spacial score (nSPS) is 11.8. The quantitative estimate of drug-likeness (QED) is 0.160. The molecule has 4 nitrogen and oxygen atoms in total. The van der Waals surface area contributed by atoms with Gasteiger partial charge in [-0.2, -0.15) is 0 Å². The van der Waals surface area contributed by atoms with Crippen molar-refractivity contribution in [1.29, 1.82) is 0 Å². The van der Waals surface area contributed by atoms with E-state index in [1.165, 1.54) is 21.5 Å². The fourth-order valence-corrected chi connectivity index (χ4v) is 10.5. The van der Waals surface area contributed by atoms with Gasteiger partial charge >= 0.3 is 0 Å². The van der Waals surface area contributed by atoms with Crippen LogP contribution in [0.4, 0.5) is 17.1 Å². The van der Waals surface area contributed by atoms with Crippen LogP contribution < -0.4 is 4.90 Å². The molecule has 0 bridgehead atoms. The minimum atomic E-state index is 0.897. The minimum Gasteiger partial charge on any atom is -0.456 e. The van der Waals surface area contributed by atoms with E-state index in [0.29, 0.717) is 0 Å². The van der Waals surface area contributed by atoms with Crippen molar-refractivity contribution in [3.63, 3.8) is 0 Å². The van der Waals surface area contributed by atoms with E-state index >= 15 is 0 Å². The Kier molecular flexibility index (Phi) is 8.55. The molecule has 0 radical (unpaired) electrons. The molecule has 3 heterocycles. The fourth-order valence-electron chi connectivity index (χ4n) is 10.5. The molecule has 0 atom stereocenters. The summed E-state index contributed by atoms with van der Waals surface area (Å²) in [6.07, 6.45) is 0. The van der Waals surface area contributed by atoms with E-state index in [2.05, 4.69) is 228 Å². The van der Waals surface area contributed by atoms with Crippen molar-refractivity contribution in [2.45, 2.75) is 0 Å². The first-order valence-corrected chi connectivity index (χ1v) is 23.1. The van der Waals surface area contributed by atoms with Gasteiger partial charge < -0.3 is 18.3 Å². The Labute approximate surface area is 391 Å². The summed E-state index contributed by atoms with van der Waals surface area (Å²) in [5.41, 5.74) is 17.3. The van der Waals surface area contributed by atoms with E-state index in [9.17, 15) is 0 Å². The lowest BCUT2D eigenvalue weighted by Crippen LogP contribution is -2.10. The molecule has 11 aromatic carbocycles. The van der Waals surface area contributed by atoms with Gasteiger partial charge in [-0.05, 0) is 142 Å². The van der Waals surface area contributed by atoms with Crippen LogP contribution in [0.3, 0.4) is 0 Å². The molecule has 0 aliphatic rings. The van der Waals surface area contributed by atoms with Gasteiger partial charge in [0.05, 0.1) is 16.7 Å². The first-order valence-electron chi connectivity index (χ1n) is 23.1. The van der Waals surface area contributed by atoms with E-state index in [1.54, 1.807) is 0 Å². The van der Waals surface area contributed by atoms with Gasteiger partial charge in [0, 0.05) is 54.8 Å². The van der Waals surface area contributed by atoms with E-state index in [-0.39, 0.29) is 0 Å². The van der Waals surface area contributed by atoms with Crippen molar-refractivity contribution in [2.75, 3.05) is 4.90 Å². The van der Waals surface area contributed by atoms with Crippen molar-refractivity contribution >= 4 is 93.5 Å². The standard InChI is InChI=1S/C64H40N2O2/c1-2-13-48(14-3-1)65(58-18-10-12-43-11-4-5-15-51(43)58)49-29-21-41(22-30-49)42-23-31-50(32-24-42)66-59-33-25-44(46-27-35-63-56(39-46)52-16-6-8-19-61(52)67-63)37-54(59)55-38-45(26-34-60(55)66)47-28-36-64-57(40-47)53-17-7-9-20-62(53)68-64/h1-40H. The van der Waals surface area contributed by atoms with Crippen molar-refractivity contribution < 1.29 is 8.83 Å². The van der Waals surface area contributed by atoms with E-state index < -0.39 is 0 Å². The molecular formula is C64H40N2O2. The Balaban J connectivity index is 0.871. The summed E-state index contributed by atoms with van der Waals surface area (Å²) in [6.45, 7) is 0. The third-order valence-corrected chi connectivity index (χ3v) is 13.8. The summed E-state index contributed by atoms with van der Waals surface area (Å²) in [4.78, 5) is 2.35. The van der Waals surface area contributed by atoms with Gasteiger partial charge in [0.15, 0.2) is 0 Å². The number of hydrogen-bond donors (Lipinski definition) is 0. The van der Waals surface area contributed by atoms with Crippen molar-refractivity contribution in [3.05, 3.63) is 243 Å². The first-order chi connectivity index (χ1) is 33.7. The minimum absolute atomic E-state index is 0.897. The van der Waals surface area contributed by atoms with Crippen LogP contribution in [0, 0.1) is 0 Å². The van der Waals surface area contributed by atoms with Crippen molar-refractivity contribution in [1.82, 2.24) is 4.57 Å². The maximum atomic E-state index is 6.21. The zero-order chi connectivity index (χ0) is 44.7. The number of fused-ring (bicyclic) bond motifs is 10. The topological polar surface area (TPSA) is 34.5 Å². The average molecular weight is 869 g/mol. The summed E-state index contributed by atoms with van der Waals surface area (Å²) in [5.74, 6) is 0. The van der Waals surface area contributed by atoms with E-state index in [1.807, 2.05) is 24.3 Å². The number of anilines is 3. The summed E-state index contributed by atoms with van der Waals surface area (Å²) < 4.78 is 14.8. The molecular weight excluding hydrogens is 829 g/mol. The maximum Gasteiger partial charge on any atom is 0.135 e. The molecule has 0 aliphatic carbocycles. The Morgan fingerprint density at radius 1 is 0.279 bits per heavy atom. The highest BCUT2D eigenvalue weighted by Crippen LogP contribution is 2.42. The highest BCUT2D eigenvalue weighted by Gasteiger charge is 2.19. The second-order valence-electron chi connectivity index (χ2n) is 17.7. The molecule has 68 heavy (non-hydrogen) atoms. The number of nitrogens with zero attached hydrogens (tertiary/aromatic N) is 2. The lowest BCUT2D eigenvalue weighted by atomic mass is 9.98. The zero-order valence-electron chi connectivity index (χ0n) is 36.8. The maximum absolute atomic E-state index is 6.21. The molecule has 0 amide bonds. The largest absolute Gasteiger partial charge is 0.456 e. The molecule has 14 aromatic rings. The van der Waals surface area contributed by atoms with Crippen LogP contribution in [-0.2, 0) is 0 Å². The van der Waals surface area contributed by atoms with Gasteiger partial charge in [-0.1, -0.05) is 140 Å². The summed E-state index contributed by atoms with van der Waals surface area (Å²) in [5, 5.41) is 9.32. The van der Waals surface area contributed by atoms with Crippen molar-refractivity contribution in [3.8, 4) is 39.1 Å². The van der Waals surface area contributed by atoms with Crippen LogP contribution in [0.1, 0.15) is 0 Å². The molecule has 0 unspecified atom stereocenters. The molecule has 3 aromatic heterocycles. The van der Waals surface area contributed by atoms with Gasteiger partial charge in [0.1, 0.15) is 22.3 Å². The van der Waals surface area contributed by atoms with Gasteiger partial charge in [-0.25, -0.2) is 0 Å². The summed E-state index contributed by atoms with van der Waals surface area (Å²) >= 11 is 0. The van der Waals surface area contributed by atoms with Gasteiger partial charge in [-0.15, -0.1) is 0 Å². The molecule has 0 saturated heterocycles. The van der Waals surface area contributed by atoms with Crippen LogP contribution in [0.15, 0.2) is 251 Å². The molecule has 0 spiro atoms. The highest BCUT2D eigenvalue weighted by molar-refractivity contribution is 6.13. The number of furan rings is 2. The fraction of sp³-hybridized carbons (Fsp3) is 0. The predicted molar refractivity (Wildman–Crippen MR) is 284 cm³/mol. The van der Waals surface area contributed by atoms with Crippen LogP contribution >= 0.6 is 0 Å². The molecule has 0 N–H and O–H groups in total. The highest BCUT2D eigenvalue weighted by atomic mass is 16.3. The molecule has 318 valence electrons. The lowest BCUT2D eigenvalue weighted by molar-refractivity contribution is 0.668. The number of hydrogen-bond acceptors (Lipinski definition) is 3. The number of aromatic nitrogens is 1. The third-order valence-electron chi connectivity index (χ3n) is 13.8. The number of para-hydroxylation sites is 3. The Hall–Kier alpha value is -9.12. The summed E-state index contributed by atoms with van der Waals surface area (Å²) in [6, 6.07) is 87.2. The number of rotatable bonds is 7. The molecule has 0 saturated carbocycles. The third kappa shape index (κ3) is 6.15. The van der Waals surface area contributed by atoms with E-state index in [0.717, 1.165) is 111 Å². The molecule has 0 aliphatic heterocycles. The monoisotopic (exact) mass is 868 g/mol. The average Bonchev–Trinajstić information content (AvgIpc) is 4.08. The summed E-state index contributed by atoms with van der Waals surface area (Å²) in [7, 11) is 0. The Bertz CT molecular complexity index is 4080. The first kappa shape index (κ1) is 38.2. The van der Waals surface area contributed by atoms with E-state index in [4.69, 9.17) is 8.83 Å². The SMILES string of the molecule is c1ccc(N(c2ccc(-c3ccc(-n4c5ccc(-c6ccc7oc8ccccc8c7c6)cc5c5cc(-c6ccc7oc8ccccc8c7c6)ccc54)cc3)cc2)c2cccc3ccccc23)cc1. The van der Waals surface area contributed by atoms with Crippen LogP contribution in [0.2, 0.25) is 0 Å². The molecule has 0 fully saturated rings. The van der Waals surface area contributed by atoms with Gasteiger partial charge in [0.2, 0.25) is 0 Å².